The molecule has 2 rings (SSSR count). The Morgan fingerprint density at radius 1 is 1.38 bits per heavy atom. The zero-order valence-corrected chi connectivity index (χ0v) is 16.0. The number of hydrogen-bond donors (Lipinski definition) is 1. The predicted molar refractivity (Wildman–Crippen MR) is 96.4 cm³/mol. The summed E-state index contributed by atoms with van der Waals surface area (Å²) in [6.07, 6.45) is 1.73. The van der Waals surface area contributed by atoms with Gasteiger partial charge in [-0.2, -0.15) is 4.31 Å². The Bertz CT molecular complexity index is 739. The van der Waals surface area contributed by atoms with Gasteiger partial charge in [-0.1, -0.05) is 0 Å². The van der Waals surface area contributed by atoms with Crippen LogP contribution in [0.1, 0.15) is 24.8 Å². The average molecular weight is 412 g/mol. The van der Waals surface area contributed by atoms with Gasteiger partial charge in [0.15, 0.2) is 0 Å². The Morgan fingerprint density at radius 2 is 2.00 bits per heavy atom. The first-order valence-electron chi connectivity index (χ1n) is 8.03. The van der Waals surface area contributed by atoms with Gasteiger partial charge in [0.25, 0.3) is 5.69 Å². The van der Waals surface area contributed by atoms with E-state index in [2.05, 4.69) is 0 Å². The Balaban J connectivity index is 0.00000338. The average Bonchev–Trinajstić information content (AvgIpc) is 2.57. The number of nitro groups is 1. The number of halogens is 2. The number of ether oxygens (including phenoxy) is 1. The highest BCUT2D eigenvalue weighted by molar-refractivity contribution is 7.89. The van der Waals surface area contributed by atoms with Gasteiger partial charge in [0.05, 0.1) is 21.5 Å². The second kappa shape index (κ2) is 9.56. The molecule has 0 amide bonds. The highest BCUT2D eigenvalue weighted by Crippen LogP contribution is 2.28. The molecular formula is C15H23ClFN3O5S. The number of benzene rings is 1. The van der Waals surface area contributed by atoms with Crippen LogP contribution >= 0.6 is 12.4 Å². The van der Waals surface area contributed by atoms with Crippen molar-refractivity contribution in [1.82, 2.24) is 4.31 Å². The summed E-state index contributed by atoms with van der Waals surface area (Å²) in [5.74, 6) is -0.909. The summed E-state index contributed by atoms with van der Waals surface area (Å²) in [7, 11) is -3.99. The molecule has 1 fully saturated rings. The topological polar surface area (TPSA) is 116 Å². The van der Waals surface area contributed by atoms with E-state index >= 15 is 0 Å². The molecule has 0 radical (unpaired) electrons. The molecule has 1 heterocycles. The third-order valence-electron chi connectivity index (χ3n) is 4.23. The molecule has 148 valence electrons. The molecule has 26 heavy (non-hydrogen) atoms. The van der Waals surface area contributed by atoms with Crippen LogP contribution < -0.4 is 5.73 Å². The van der Waals surface area contributed by atoms with E-state index in [-0.39, 0.29) is 37.2 Å². The predicted octanol–water partition coefficient (Wildman–Crippen LogP) is 1.98. The van der Waals surface area contributed by atoms with Gasteiger partial charge in [-0.25, -0.2) is 12.8 Å². The van der Waals surface area contributed by atoms with E-state index in [1.165, 1.54) is 11.2 Å². The van der Waals surface area contributed by atoms with Gasteiger partial charge in [0.2, 0.25) is 10.0 Å². The Hall–Kier alpha value is -1.33. The fourth-order valence-corrected chi connectivity index (χ4v) is 4.20. The third kappa shape index (κ3) is 5.10. The molecule has 1 aliphatic rings. The molecule has 0 saturated carbocycles. The lowest BCUT2D eigenvalue weighted by atomic mass is 10.1. The number of nitro benzene ring substituents is 1. The largest absolute Gasteiger partial charge is 0.378 e. The smallest absolute Gasteiger partial charge is 0.276 e. The molecule has 8 nitrogen and oxygen atoms in total. The van der Waals surface area contributed by atoms with E-state index in [1.807, 2.05) is 0 Å². The quantitative estimate of drug-likeness (QED) is 0.416. The van der Waals surface area contributed by atoms with Crippen LogP contribution in [0.2, 0.25) is 0 Å². The second-order valence-corrected chi connectivity index (χ2v) is 7.86. The van der Waals surface area contributed by atoms with Crippen LogP contribution in [0.25, 0.3) is 0 Å². The lowest BCUT2D eigenvalue weighted by Crippen LogP contribution is -2.41. The SMILES string of the molecule is Cc1c(F)cc(S(=O)(=O)N2CCC(OCCCN)CC2)cc1[N+](=O)[O-].Cl. The van der Waals surface area contributed by atoms with Gasteiger partial charge < -0.3 is 10.5 Å². The van der Waals surface area contributed by atoms with Crippen LogP contribution in [0.3, 0.4) is 0 Å². The first kappa shape index (κ1) is 22.7. The lowest BCUT2D eigenvalue weighted by Gasteiger charge is -2.31. The summed E-state index contributed by atoms with van der Waals surface area (Å²) in [6.45, 7) is 2.75. The minimum absolute atomic E-state index is 0. The molecule has 0 aromatic heterocycles. The number of hydrogen-bond acceptors (Lipinski definition) is 6. The zero-order valence-electron chi connectivity index (χ0n) is 14.4. The number of piperidine rings is 1. The summed E-state index contributed by atoms with van der Waals surface area (Å²) in [6, 6.07) is 1.75. The summed E-state index contributed by atoms with van der Waals surface area (Å²) in [4.78, 5) is 9.82. The molecule has 0 spiro atoms. The van der Waals surface area contributed by atoms with Crippen molar-refractivity contribution in [2.75, 3.05) is 26.2 Å². The molecule has 2 N–H and O–H groups in total. The van der Waals surface area contributed by atoms with E-state index in [1.54, 1.807) is 0 Å². The van der Waals surface area contributed by atoms with Crippen LogP contribution in [-0.2, 0) is 14.8 Å². The monoisotopic (exact) mass is 411 g/mol. The standard InChI is InChI=1S/C15H22FN3O5S.ClH/c1-11-14(16)9-13(10-15(11)19(20)21)25(22,23)18-6-3-12(4-7-18)24-8-2-5-17;/h9-10,12H,2-8,17H2,1H3;1H. The number of sulfonamides is 1. The van der Waals surface area contributed by atoms with Crippen molar-refractivity contribution in [3.05, 3.63) is 33.6 Å². The van der Waals surface area contributed by atoms with Crippen molar-refractivity contribution in [1.29, 1.82) is 0 Å². The van der Waals surface area contributed by atoms with Gasteiger partial charge in [-0.15, -0.1) is 12.4 Å². The number of nitrogens with two attached hydrogens (primary N) is 1. The fourth-order valence-electron chi connectivity index (χ4n) is 2.70. The maximum Gasteiger partial charge on any atom is 0.276 e. The summed E-state index contributed by atoms with van der Waals surface area (Å²) in [5.41, 5.74) is 4.67. The van der Waals surface area contributed by atoms with Crippen molar-refractivity contribution in [2.24, 2.45) is 5.73 Å². The molecular weight excluding hydrogens is 389 g/mol. The van der Waals surface area contributed by atoms with Crippen molar-refractivity contribution in [3.63, 3.8) is 0 Å². The van der Waals surface area contributed by atoms with Crippen LogP contribution in [0.15, 0.2) is 17.0 Å². The fraction of sp³-hybridized carbons (Fsp3) is 0.600. The first-order valence-corrected chi connectivity index (χ1v) is 9.47. The summed E-state index contributed by atoms with van der Waals surface area (Å²) < 4.78 is 46.1. The van der Waals surface area contributed by atoms with E-state index in [4.69, 9.17) is 10.5 Å². The highest BCUT2D eigenvalue weighted by Gasteiger charge is 2.32. The third-order valence-corrected chi connectivity index (χ3v) is 6.10. The van der Waals surface area contributed by atoms with Crippen LogP contribution in [-0.4, -0.2) is 50.0 Å². The molecule has 1 saturated heterocycles. The molecule has 1 aliphatic heterocycles. The molecule has 0 atom stereocenters. The first-order chi connectivity index (χ1) is 11.8. The van der Waals surface area contributed by atoms with Gasteiger partial charge in [-0.3, -0.25) is 10.1 Å². The second-order valence-electron chi connectivity index (χ2n) is 5.92. The molecule has 1 aromatic carbocycles. The Labute approximate surface area is 158 Å². The van der Waals surface area contributed by atoms with Gasteiger partial charge >= 0.3 is 0 Å². The van der Waals surface area contributed by atoms with Crippen molar-refractivity contribution in [3.8, 4) is 0 Å². The molecule has 0 bridgehead atoms. The minimum Gasteiger partial charge on any atom is -0.378 e. The van der Waals surface area contributed by atoms with Crippen LogP contribution in [0.5, 0.6) is 0 Å². The lowest BCUT2D eigenvalue weighted by molar-refractivity contribution is -0.385. The summed E-state index contributed by atoms with van der Waals surface area (Å²) in [5, 5.41) is 11.0. The van der Waals surface area contributed by atoms with Gasteiger partial charge in [0.1, 0.15) is 5.82 Å². The highest BCUT2D eigenvalue weighted by atomic mass is 35.5. The van der Waals surface area contributed by atoms with E-state index in [0.717, 1.165) is 18.6 Å². The maximum atomic E-state index is 13.9. The maximum absolute atomic E-state index is 13.9. The van der Waals surface area contributed by atoms with Crippen LogP contribution in [0.4, 0.5) is 10.1 Å². The molecule has 0 unspecified atom stereocenters. The number of nitrogens with zero attached hydrogens (tertiary/aromatic N) is 2. The van der Waals surface area contributed by atoms with Gasteiger partial charge in [-0.05, 0) is 38.8 Å². The Morgan fingerprint density at radius 3 is 2.54 bits per heavy atom. The molecule has 0 aliphatic carbocycles. The van der Waals surface area contributed by atoms with Crippen molar-refractivity contribution in [2.45, 2.75) is 37.2 Å². The van der Waals surface area contributed by atoms with Crippen molar-refractivity contribution >= 4 is 28.1 Å². The van der Waals surface area contributed by atoms with Crippen LogP contribution in [0, 0.1) is 22.9 Å². The van der Waals surface area contributed by atoms with E-state index in [0.29, 0.717) is 26.0 Å². The van der Waals surface area contributed by atoms with E-state index in [9.17, 15) is 22.9 Å². The normalized spacial score (nSPS) is 16.3. The summed E-state index contributed by atoms with van der Waals surface area (Å²) >= 11 is 0. The van der Waals surface area contributed by atoms with E-state index < -0.39 is 31.3 Å². The number of rotatable bonds is 7. The zero-order chi connectivity index (χ0) is 18.6. The Kier molecular flexibility index (Phi) is 8.35. The van der Waals surface area contributed by atoms with Crippen molar-refractivity contribution < 1.29 is 22.5 Å². The van der Waals surface area contributed by atoms with Gasteiger partial charge in [0, 0.05) is 25.8 Å². The molecule has 1 aromatic rings. The molecule has 11 heteroatoms. The minimum atomic E-state index is -3.99.